The molecular formula is C14H17F3N2O2. The normalized spacial score (nSPS) is 16.0. The summed E-state index contributed by atoms with van der Waals surface area (Å²) in [6.07, 6.45) is -0.254. The average molecular weight is 302 g/mol. The lowest BCUT2D eigenvalue weighted by Gasteiger charge is -2.13. The van der Waals surface area contributed by atoms with E-state index in [4.69, 9.17) is 5.73 Å². The van der Waals surface area contributed by atoms with E-state index in [0.29, 0.717) is 12.5 Å². The van der Waals surface area contributed by atoms with E-state index in [1.807, 2.05) is 0 Å². The van der Waals surface area contributed by atoms with Gasteiger partial charge in [0.05, 0.1) is 5.69 Å². The van der Waals surface area contributed by atoms with Crippen LogP contribution in [0.3, 0.4) is 0 Å². The predicted molar refractivity (Wildman–Crippen MR) is 71.8 cm³/mol. The van der Waals surface area contributed by atoms with Crippen LogP contribution in [0.1, 0.15) is 36.0 Å². The van der Waals surface area contributed by atoms with Gasteiger partial charge in [-0.2, -0.15) is 0 Å². The van der Waals surface area contributed by atoms with Crippen molar-refractivity contribution in [3.05, 3.63) is 23.8 Å². The highest BCUT2D eigenvalue weighted by molar-refractivity contribution is 5.95. The summed E-state index contributed by atoms with van der Waals surface area (Å²) in [6.45, 7) is 0.583. The molecule has 0 radical (unpaired) electrons. The number of nitrogens with two attached hydrogens (primary N) is 1. The SMILES string of the molecule is Nc1cc(C(=O)NCC2CCCC2)ccc1OC(F)(F)F. The summed E-state index contributed by atoms with van der Waals surface area (Å²) in [5.41, 5.74) is 5.48. The Morgan fingerprint density at radius 2 is 2.00 bits per heavy atom. The van der Waals surface area contributed by atoms with E-state index >= 15 is 0 Å². The van der Waals surface area contributed by atoms with Crippen LogP contribution in [0.5, 0.6) is 5.75 Å². The first-order valence-corrected chi connectivity index (χ1v) is 6.78. The van der Waals surface area contributed by atoms with Gasteiger partial charge < -0.3 is 15.8 Å². The minimum atomic E-state index is -4.81. The second-order valence-corrected chi connectivity index (χ2v) is 5.16. The van der Waals surface area contributed by atoms with E-state index in [-0.39, 0.29) is 17.2 Å². The Hall–Kier alpha value is -1.92. The molecule has 1 aromatic carbocycles. The summed E-state index contributed by atoms with van der Waals surface area (Å²) >= 11 is 0. The summed E-state index contributed by atoms with van der Waals surface area (Å²) < 4.78 is 40.1. The molecule has 3 N–H and O–H groups in total. The highest BCUT2D eigenvalue weighted by Gasteiger charge is 2.32. The quantitative estimate of drug-likeness (QED) is 0.840. The third-order valence-corrected chi connectivity index (χ3v) is 3.52. The molecule has 1 aliphatic carbocycles. The van der Waals surface area contributed by atoms with E-state index in [1.54, 1.807) is 0 Å². The van der Waals surface area contributed by atoms with Crippen molar-refractivity contribution in [2.45, 2.75) is 32.0 Å². The van der Waals surface area contributed by atoms with Crippen molar-refractivity contribution in [3.63, 3.8) is 0 Å². The zero-order chi connectivity index (χ0) is 15.5. The number of rotatable bonds is 4. The first-order chi connectivity index (χ1) is 9.85. The molecule has 1 aromatic rings. The van der Waals surface area contributed by atoms with Crippen molar-refractivity contribution in [1.29, 1.82) is 0 Å². The molecule has 1 fully saturated rings. The van der Waals surface area contributed by atoms with Crippen molar-refractivity contribution in [2.24, 2.45) is 5.92 Å². The van der Waals surface area contributed by atoms with Gasteiger partial charge in [0.2, 0.25) is 0 Å². The standard InChI is InChI=1S/C14H17F3N2O2/c15-14(16,17)21-12-6-5-10(7-11(12)18)13(20)19-8-9-3-1-2-4-9/h5-7,9H,1-4,8,18H2,(H,19,20). The van der Waals surface area contributed by atoms with Crippen LogP contribution in [0.4, 0.5) is 18.9 Å². The van der Waals surface area contributed by atoms with Crippen LogP contribution in [0.2, 0.25) is 0 Å². The summed E-state index contributed by atoms with van der Waals surface area (Å²) in [5.74, 6) is -0.360. The molecule has 0 aliphatic heterocycles. The zero-order valence-electron chi connectivity index (χ0n) is 11.4. The van der Waals surface area contributed by atoms with Crippen LogP contribution in [-0.2, 0) is 0 Å². The molecule has 116 valence electrons. The molecule has 0 bridgehead atoms. The number of anilines is 1. The summed E-state index contributed by atoms with van der Waals surface area (Å²) in [4.78, 5) is 11.9. The predicted octanol–water partition coefficient (Wildman–Crippen LogP) is 3.09. The molecule has 0 saturated heterocycles. The lowest BCUT2D eigenvalue weighted by atomic mass is 10.1. The largest absolute Gasteiger partial charge is 0.573 e. The van der Waals surface area contributed by atoms with Gasteiger partial charge >= 0.3 is 6.36 Å². The fourth-order valence-corrected chi connectivity index (χ4v) is 2.46. The van der Waals surface area contributed by atoms with Crippen molar-refractivity contribution in [3.8, 4) is 5.75 Å². The van der Waals surface area contributed by atoms with Crippen molar-refractivity contribution >= 4 is 11.6 Å². The van der Waals surface area contributed by atoms with Gasteiger partial charge in [0.25, 0.3) is 5.91 Å². The van der Waals surface area contributed by atoms with Crippen molar-refractivity contribution in [2.75, 3.05) is 12.3 Å². The third kappa shape index (κ3) is 4.54. The van der Waals surface area contributed by atoms with Gasteiger partial charge in [-0.15, -0.1) is 13.2 Å². The molecule has 2 rings (SSSR count). The first kappa shape index (κ1) is 15.5. The molecular weight excluding hydrogens is 285 g/mol. The van der Waals surface area contributed by atoms with Crippen LogP contribution in [0.15, 0.2) is 18.2 Å². The van der Waals surface area contributed by atoms with Gasteiger partial charge in [0.1, 0.15) is 0 Å². The number of ether oxygens (including phenoxy) is 1. The molecule has 21 heavy (non-hydrogen) atoms. The lowest BCUT2D eigenvalue weighted by molar-refractivity contribution is -0.274. The number of hydrogen-bond acceptors (Lipinski definition) is 3. The molecule has 1 amide bonds. The fourth-order valence-electron chi connectivity index (χ4n) is 2.46. The second-order valence-electron chi connectivity index (χ2n) is 5.16. The van der Waals surface area contributed by atoms with Crippen molar-refractivity contribution in [1.82, 2.24) is 5.32 Å². The number of nitrogens with one attached hydrogen (secondary N) is 1. The van der Waals surface area contributed by atoms with E-state index < -0.39 is 12.1 Å². The molecule has 0 spiro atoms. The van der Waals surface area contributed by atoms with Gasteiger partial charge in [-0.3, -0.25) is 4.79 Å². The van der Waals surface area contributed by atoms with E-state index in [2.05, 4.69) is 10.1 Å². The molecule has 0 unspecified atom stereocenters. The molecule has 0 atom stereocenters. The minimum Gasteiger partial charge on any atom is -0.404 e. The number of alkyl halides is 3. The third-order valence-electron chi connectivity index (χ3n) is 3.52. The van der Waals surface area contributed by atoms with Gasteiger partial charge in [-0.25, -0.2) is 0 Å². The first-order valence-electron chi connectivity index (χ1n) is 6.78. The molecule has 0 aromatic heterocycles. The minimum absolute atomic E-state index is 0.221. The van der Waals surface area contributed by atoms with Crippen LogP contribution in [0.25, 0.3) is 0 Å². The Balaban J connectivity index is 1.96. The Labute approximate surface area is 120 Å². The molecule has 1 aliphatic rings. The highest BCUT2D eigenvalue weighted by Crippen LogP contribution is 2.29. The number of halogens is 3. The summed E-state index contributed by atoms with van der Waals surface area (Å²) in [5, 5.41) is 2.78. The summed E-state index contributed by atoms with van der Waals surface area (Å²) in [6, 6.07) is 3.50. The number of benzene rings is 1. The molecule has 4 nitrogen and oxygen atoms in total. The number of carbonyl (C=O) groups excluding carboxylic acids is 1. The molecule has 0 heterocycles. The molecule has 7 heteroatoms. The highest BCUT2D eigenvalue weighted by atomic mass is 19.4. The molecule has 1 saturated carbocycles. The van der Waals surface area contributed by atoms with Gasteiger partial charge in [0, 0.05) is 12.1 Å². The Kier molecular flexibility index (Phi) is 4.59. The van der Waals surface area contributed by atoms with Crippen LogP contribution < -0.4 is 15.8 Å². The van der Waals surface area contributed by atoms with E-state index in [0.717, 1.165) is 18.9 Å². The maximum absolute atomic E-state index is 12.1. The maximum atomic E-state index is 12.1. The Bertz CT molecular complexity index is 511. The lowest BCUT2D eigenvalue weighted by Crippen LogP contribution is -2.28. The van der Waals surface area contributed by atoms with E-state index in [9.17, 15) is 18.0 Å². The Morgan fingerprint density at radius 3 is 2.57 bits per heavy atom. The number of nitrogen functional groups attached to an aromatic ring is 1. The number of amides is 1. The second kappa shape index (κ2) is 6.24. The van der Waals surface area contributed by atoms with Gasteiger partial charge in [0.15, 0.2) is 5.75 Å². The van der Waals surface area contributed by atoms with Gasteiger partial charge in [-0.05, 0) is 37.0 Å². The Morgan fingerprint density at radius 1 is 1.33 bits per heavy atom. The number of hydrogen-bond donors (Lipinski definition) is 2. The number of carbonyl (C=O) groups is 1. The van der Waals surface area contributed by atoms with Crippen molar-refractivity contribution < 1.29 is 22.7 Å². The van der Waals surface area contributed by atoms with Gasteiger partial charge in [-0.1, -0.05) is 12.8 Å². The monoisotopic (exact) mass is 302 g/mol. The summed E-state index contributed by atoms with van der Waals surface area (Å²) in [7, 11) is 0. The maximum Gasteiger partial charge on any atom is 0.573 e. The smallest absolute Gasteiger partial charge is 0.404 e. The topological polar surface area (TPSA) is 64.4 Å². The van der Waals surface area contributed by atoms with Crippen LogP contribution >= 0.6 is 0 Å². The van der Waals surface area contributed by atoms with Crippen LogP contribution in [-0.4, -0.2) is 18.8 Å². The zero-order valence-corrected chi connectivity index (χ0v) is 11.4. The fraction of sp³-hybridized carbons (Fsp3) is 0.500. The average Bonchev–Trinajstić information content (AvgIpc) is 2.90. The van der Waals surface area contributed by atoms with E-state index in [1.165, 1.54) is 25.0 Å². The van der Waals surface area contributed by atoms with Crippen LogP contribution in [0, 0.1) is 5.92 Å².